The van der Waals surface area contributed by atoms with Gasteiger partial charge >= 0.3 is 0 Å². The van der Waals surface area contributed by atoms with E-state index in [0.717, 1.165) is 17.9 Å². The topological polar surface area (TPSA) is 67.4 Å². The number of thiophene rings is 1. The van der Waals surface area contributed by atoms with Gasteiger partial charge in [0.05, 0.1) is 6.10 Å². The fourth-order valence-corrected chi connectivity index (χ4v) is 6.14. The highest BCUT2D eigenvalue weighted by atomic mass is 32.2. The zero-order valence-corrected chi connectivity index (χ0v) is 14.9. The summed E-state index contributed by atoms with van der Waals surface area (Å²) < 4.78 is 33.1. The van der Waals surface area contributed by atoms with E-state index in [0.29, 0.717) is 35.4 Å². The van der Waals surface area contributed by atoms with Gasteiger partial charge in [-0.15, -0.1) is 11.3 Å². The molecule has 1 aliphatic carbocycles. The summed E-state index contributed by atoms with van der Waals surface area (Å²) in [6.07, 6.45) is 1.46. The summed E-state index contributed by atoms with van der Waals surface area (Å²) >= 11 is 1.30. The van der Waals surface area contributed by atoms with E-state index in [2.05, 4.69) is 23.9 Å². The van der Waals surface area contributed by atoms with Crippen LogP contribution in [0.25, 0.3) is 0 Å². The molecule has 0 spiro atoms. The average Bonchev–Trinajstić information content (AvgIpc) is 3.06. The number of ether oxygens (including phenoxy) is 1. The minimum atomic E-state index is -3.37. The van der Waals surface area contributed by atoms with Crippen molar-refractivity contribution in [2.24, 2.45) is 11.3 Å². The van der Waals surface area contributed by atoms with E-state index in [1.807, 2.05) is 13.0 Å². The Hall–Kier alpha value is -0.470. The highest BCUT2D eigenvalue weighted by molar-refractivity contribution is 7.91. The van der Waals surface area contributed by atoms with Crippen LogP contribution < -0.4 is 10.0 Å². The minimum absolute atomic E-state index is 0.130. The Morgan fingerprint density at radius 1 is 1.36 bits per heavy atom. The van der Waals surface area contributed by atoms with Gasteiger partial charge in [-0.25, -0.2) is 13.1 Å². The molecule has 0 bridgehead atoms. The maximum absolute atomic E-state index is 12.1. The minimum Gasteiger partial charge on any atom is -0.377 e. The second-order valence-electron chi connectivity index (χ2n) is 6.76. The van der Waals surface area contributed by atoms with Crippen LogP contribution in [0, 0.1) is 18.3 Å². The molecule has 1 aliphatic heterocycles. The van der Waals surface area contributed by atoms with Crippen molar-refractivity contribution in [2.75, 3.05) is 19.7 Å². The van der Waals surface area contributed by atoms with Crippen molar-refractivity contribution in [1.29, 1.82) is 0 Å². The number of nitrogens with one attached hydrogen (secondary N) is 2. The quantitative estimate of drug-likeness (QED) is 0.772. The lowest BCUT2D eigenvalue weighted by Crippen LogP contribution is -2.66. The van der Waals surface area contributed by atoms with Crippen LogP contribution >= 0.6 is 11.3 Å². The van der Waals surface area contributed by atoms with Crippen molar-refractivity contribution >= 4 is 21.4 Å². The molecule has 0 aromatic carbocycles. The molecule has 0 amide bonds. The predicted octanol–water partition coefficient (Wildman–Crippen LogP) is 1.74. The van der Waals surface area contributed by atoms with Crippen LogP contribution in [0.1, 0.15) is 25.1 Å². The predicted molar refractivity (Wildman–Crippen MR) is 87.7 cm³/mol. The normalized spacial score (nSPS) is 30.0. The first kappa shape index (κ1) is 16.4. The van der Waals surface area contributed by atoms with E-state index < -0.39 is 10.0 Å². The fraction of sp³-hybridized carbons (Fsp3) is 0.733. The number of hydrogen-bond acceptors (Lipinski definition) is 5. The Kier molecular flexibility index (Phi) is 4.37. The van der Waals surface area contributed by atoms with Crippen LogP contribution in [0.3, 0.4) is 0 Å². The largest absolute Gasteiger partial charge is 0.377 e. The summed E-state index contributed by atoms with van der Waals surface area (Å²) in [6, 6.07) is 3.90. The smallest absolute Gasteiger partial charge is 0.250 e. The van der Waals surface area contributed by atoms with E-state index in [1.165, 1.54) is 11.3 Å². The van der Waals surface area contributed by atoms with Crippen LogP contribution in [0.5, 0.6) is 0 Å². The summed E-state index contributed by atoms with van der Waals surface area (Å²) in [4.78, 5) is 1.00. The molecule has 2 N–H and O–H groups in total. The van der Waals surface area contributed by atoms with Crippen LogP contribution in [-0.2, 0) is 14.8 Å². The molecule has 2 aliphatic rings. The van der Waals surface area contributed by atoms with E-state index in [9.17, 15) is 8.42 Å². The third kappa shape index (κ3) is 2.85. The van der Waals surface area contributed by atoms with E-state index in [1.54, 1.807) is 6.07 Å². The molecule has 2 fully saturated rings. The first-order chi connectivity index (χ1) is 10.3. The van der Waals surface area contributed by atoms with Crippen molar-refractivity contribution in [3.8, 4) is 0 Å². The Labute approximate surface area is 136 Å². The highest BCUT2D eigenvalue weighted by Crippen LogP contribution is 2.51. The zero-order chi connectivity index (χ0) is 16.0. The lowest BCUT2D eigenvalue weighted by Gasteiger charge is -2.55. The van der Waals surface area contributed by atoms with Crippen LogP contribution in [-0.4, -0.2) is 40.3 Å². The number of fused-ring (bicyclic) bond motifs is 1. The Balaban J connectivity index is 1.48. The Morgan fingerprint density at radius 2 is 2.14 bits per heavy atom. The van der Waals surface area contributed by atoms with Gasteiger partial charge in [0.25, 0.3) is 0 Å². The summed E-state index contributed by atoms with van der Waals surface area (Å²) in [7, 11) is -3.37. The standard InChI is InChI=1S/C15H24N2O3S2/c1-10-4-5-12(21-10)22(18,19)17-8-7-16-13-11-6-9-20-14(11)15(13,2)3/h4-5,11,13-14,16-17H,6-9H2,1-3H3/t11-,13-,14-/m1/s1. The van der Waals surface area contributed by atoms with E-state index in [-0.39, 0.29) is 5.41 Å². The van der Waals surface area contributed by atoms with Gasteiger partial charge in [0.15, 0.2) is 0 Å². The van der Waals surface area contributed by atoms with Gasteiger partial charge in [0.2, 0.25) is 10.0 Å². The maximum atomic E-state index is 12.1. The summed E-state index contributed by atoms with van der Waals surface area (Å²) in [6.45, 7) is 8.24. The van der Waals surface area contributed by atoms with Gasteiger partial charge in [-0.05, 0) is 25.5 Å². The number of aryl methyl sites for hydroxylation is 1. The van der Waals surface area contributed by atoms with Gasteiger partial charge in [-0.3, -0.25) is 0 Å². The van der Waals surface area contributed by atoms with Crippen molar-refractivity contribution in [2.45, 2.75) is 43.5 Å². The summed E-state index contributed by atoms with van der Waals surface area (Å²) in [5.74, 6) is 0.576. The molecule has 5 nitrogen and oxygen atoms in total. The molecule has 0 unspecified atom stereocenters. The SMILES string of the molecule is Cc1ccc(S(=O)(=O)NCCN[C@@H]2[C@H]3CCO[C@H]3C2(C)C)s1. The van der Waals surface area contributed by atoms with Crippen LogP contribution in [0.2, 0.25) is 0 Å². The second kappa shape index (κ2) is 5.87. The summed E-state index contributed by atoms with van der Waals surface area (Å²) in [5, 5.41) is 3.51. The first-order valence-electron chi connectivity index (χ1n) is 7.73. The second-order valence-corrected chi connectivity index (χ2v) is 10.0. The molecule has 1 saturated heterocycles. The summed E-state index contributed by atoms with van der Waals surface area (Å²) in [5.41, 5.74) is 0.130. The number of rotatable bonds is 6. The molecular formula is C15H24N2O3S2. The molecule has 2 heterocycles. The molecule has 0 radical (unpaired) electrons. The zero-order valence-electron chi connectivity index (χ0n) is 13.3. The maximum Gasteiger partial charge on any atom is 0.250 e. The molecular weight excluding hydrogens is 320 g/mol. The molecule has 3 rings (SSSR count). The molecule has 3 atom stereocenters. The molecule has 7 heteroatoms. The number of hydrogen-bond donors (Lipinski definition) is 2. The lowest BCUT2D eigenvalue weighted by molar-refractivity contribution is -0.112. The van der Waals surface area contributed by atoms with Crippen LogP contribution in [0.15, 0.2) is 16.3 Å². The number of sulfonamides is 1. The molecule has 124 valence electrons. The monoisotopic (exact) mass is 344 g/mol. The lowest BCUT2D eigenvalue weighted by atomic mass is 9.57. The van der Waals surface area contributed by atoms with Crippen molar-refractivity contribution in [3.63, 3.8) is 0 Å². The third-order valence-corrected chi connectivity index (χ3v) is 7.82. The van der Waals surface area contributed by atoms with Crippen molar-refractivity contribution < 1.29 is 13.2 Å². The van der Waals surface area contributed by atoms with Gasteiger partial charge in [-0.1, -0.05) is 13.8 Å². The van der Waals surface area contributed by atoms with Gasteiger partial charge < -0.3 is 10.1 Å². The van der Waals surface area contributed by atoms with E-state index >= 15 is 0 Å². The van der Waals surface area contributed by atoms with Gasteiger partial charge in [-0.2, -0.15) is 0 Å². The Bertz CT molecular complexity index is 639. The van der Waals surface area contributed by atoms with E-state index in [4.69, 9.17) is 4.74 Å². The molecule has 1 aromatic rings. The van der Waals surface area contributed by atoms with Crippen molar-refractivity contribution in [1.82, 2.24) is 10.0 Å². The first-order valence-corrected chi connectivity index (χ1v) is 10.0. The molecule has 22 heavy (non-hydrogen) atoms. The van der Waals surface area contributed by atoms with Crippen molar-refractivity contribution in [3.05, 3.63) is 17.0 Å². The average molecular weight is 345 g/mol. The Morgan fingerprint density at radius 3 is 2.82 bits per heavy atom. The van der Waals surface area contributed by atoms with Gasteiger partial charge in [0, 0.05) is 41.9 Å². The van der Waals surface area contributed by atoms with Crippen LogP contribution in [0.4, 0.5) is 0 Å². The third-order valence-electron chi connectivity index (χ3n) is 4.86. The molecule has 1 saturated carbocycles. The molecule has 1 aromatic heterocycles. The van der Waals surface area contributed by atoms with Gasteiger partial charge in [0.1, 0.15) is 4.21 Å². The highest BCUT2D eigenvalue weighted by Gasteiger charge is 2.58. The fourth-order valence-electron chi connectivity index (χ4n) is 3.78.